The molecule has 0 saturated carbocycles. The second-order valence-corrected chi connectivity index (χ2v) is 2.56. The van der Waals surface area contributed by atoms with Crippen molar-refractivity contribution in [2.24, 2.45) is 5.73 Å². The number of nitrogens with two attached hydrogens (primary N) is 1. The highest BCUT2D eigenvalue weighted by molar-refractivity contribution is 5.71. The molecule has 0 heterocycles. The molecule has 2 amide bonds. The van der Waals surface area contributed by atoms with E-state index in [9.17, 15) is 4.79 Å². The number of amides is 2. The van der Waals surface area contributed by atoms with Crippen LogP contribution in [-0.2, 0) is 4.74 Å². The standard InChI is InChI=1S/C7H16N2O2/c1-6(2)11-5-3-4-9-7(8)10/h6H,3-5H2,1-2H3,(H3,8,9,10). The largest absolute Gasteiger partial charge is 0.379 e. The molecule has 0 radical (unpaired) electrons. The molecule has 0 aliphatic carbocycles. The first-order valence-corrected chi connectivity index (χ1v) is 3.78. The third kappa shape index (κ3) is 9.23. The van der Waals surface area contributed by atoms with Gasteiger partial charge in [0.25, 0.3) is 0 Å². The monoisotopic (exact) mass is 160 g/mol. The molecule has 0 bridgehead atoms. The topological polar surface area (TPSA) is 64.3 Å². The van der Waals surface area contributed by atoms with Crippen LogP contribution in [0.2, 0.25) is 0 Å². The van der Waals surface area contributed by atoms with Gasteiger partial charge in [-0.15, -0.1) is 0 Å². The molecule has 4 nitrogen and oxygen atoms in total. The Bertz CT molecular complexity index is 115. The second-order valence-electron chi connectivity index (χ2n) is 2.56. The fraction of sp³-hybridized carbons (Fsp3) is 0.857. The average molecular weight is 160 g/mol. The Balaban J connectivity index is 2.97. The first-order valence-electron chi connectivity index (χ1n) is 3.78. The van der Waals surface area contributed by atoms with Crippen molar-refractivity contribution in [3.05, 3.63) is 0 Å². The molecule has 66 valence electrons. The van der Waals surface area contributed by atoms with Crippen LogP contribution in [0, 0.1) is 0 Å². The van der Waals surface area contributed by atoms with Crippen molar-refractivity contribution in [3.63, 3.8) is 0 Å². The molecule has 0 aromatic rings. The molecular weight excluding hydrogens is 144 g/mol. The van der Waals surface area contributed by atoms with Gasteiger partial charge < -0.3 is 15.8 Å². The zero-order chi connectivity index (χ0) is 8.69. The number of carbonyl (C=O) groups is 1. The van der Waals surface area contributed by atoms with Crippen LogP contribution >= 0.6 is 0 Å². The smallest absolute Gasteiger partial charge is 0.312 e. The van der Waals surface area contributed by atoms with Gasteiger partial charge in [-0.2, -0.15) is 0 Å². The summed E-state index contributed by atoms with van der Waals surface area (Å²) in [5.41, 5.74) is 4.84. The van der Waals surface area contributed by atoms with Crippen LogP contribution in [0.5, 0.6) is 0 Å². The van der Waals surface area contributed by atoms with E-state index in [1.165, 1.54) is 0 Å². The number of primary amides is 1. The maximum atomic E-state index is 10.2. The third-order valence-corrected chi connectivity index (χ3v) is 1.07. The Morgan fingerprint density at radius 1 is 1.64 bits per heavy atom. The van der Waals surface area contributed by atoms with E-state index < -0.39 is 6.03 Å². The fourth-order valence-corrected chi connectivity index (χ4v) is 0.603. The predicted molar refractivity (Wildman–Crippen MR) is 43.3 cm³/mol. The molecule has 4 heteroatoms. The highest BCUT2D eigenvalue weighted by Gasteiger charge is 1.93. The lowest BCUT2D eigenvalue weighted by Gasteiger charge is -2.06. The minimum Gasteiger partial charge on any atom is -0.379 e. The van der Waals surface area contributed by atoms with E-state index in [0.717, 1.165) is 6.42 Å². The van der Waals surface area contributed by atoms with E-state index in [0.29, 0.717) is 13.2 Å². The van der Waals surface area contributed by atoms with Crippen LogP contribution in [0.1, 0.15) is 20.3 Å². The summed E-state index contributed by atoms with van der Waals surface area (Å²) >= 11 is 0. The van der Waals surface area contributed by atoms with Gasteiger partial charge in [0.2, 0.25) is 0 Å². The molecule has 0 atom stereocenters. The van der Waals surface area contributed by atoms with E-state index in [1.807, 2.05) is 13.8 Å². The Kier molecular flexibility index (Phi) is 5.56. The lowest BCUT2D eigenvalue weighted by molar-refractivity contribution is 0.0774. The van der Waals surface area contributed by atoms with E-state index in [4.69, 9.17) is 10.5 Å². The molecule has 3 N–H and O–H groups in total. The summed E-state index contributed by atoms with van der Waals surface area (Å²) in [5, 5.41) is 2.48. The minimum absolute atomic E-state index is 0.253. The summed E-state index contributed by atoms with van der Waals surface area (Å²) in [6.07, 6.45) is 1.06. The number of nitrogens with one attached hydrogen (secondary N) is 1. The van der Waals surface area contributed by atoms with Gasteiger partial charge in [-0.1, -0.05) is 0 Å². The normalized spacial score (nSPS) is 10.1. The van der Waals surface area contributed by atoms with Crippen LogP contribution in [0.3, 0.4) is 0 Å². The Labute approximate surface area is 67.1 Å². The highest BCUT2D eigenvalue weighted by Crippen LogP contribution is 1.88. The second kappa shape index (κ2) is 5.97. The van der Waals surface area contributed by atoms with E-state index in [-0.39, 0.29) is 6.10 Å². The summed E-state index contributed by atoms with van der Waals surface area (Å²) in [6.45, 7) is 5.20. The Morgan fingerprint density at radius 3 is 2.73 bits per heavy atom. The molecular formula is C7H16N2O2. The summed E-state index contributed by atoms with van der Waals surface area (Å²) < 4.78 is 5.23. The zero-order valence-electron chi connectivity index (χ0n) is 7.09. The summed E-state index contributed by atoms with van der Waals surface area (Å²) in [6, 6.07) is -0.477. The lowest BCUT2D eigenvalue weighted by atomic mass is 10.4. The van der Waals surface area contributed by atoms with E-state index >= 15 is 0 Å². The molecule has 0 saturated heterocycles. The fourth-order valence-electron chi connectivity index (χ4n) is 0.603. The summed E-state index contributed by atoms with van der Waals surface area (Å²) in [4.78, 5) is 10.2. The van der Waals surface area contributed by atoms with Crippen molar-refractivity contribution in [1.29, 1.82) is 0 Å². The maximum absolute atomic E-state index is 10.2. The molecule has 0 rings (SSSR count). The van der Waals surface area contributed by atoms with Crippen molar-refractivity contribution >= 4 is 6.03 Å². The van der Waals surface area contributed by atoms with Crippen molar-refractivity contribution in [2.75, 3.05) is 13.2 Å². The van der Waals surface area contributed by atoms with Crippen LogP contribution in [0.15, 0.2) is 0 Å². The zero-order valence-corrected chi connectivity index (χ0v) is 7.09. The van der Waals surface area contributed by atoms with Crippen LogP contribution < -0.4 is 11.1 Å². The van der Waals surface area contributed by atoms with Gasteiger partial charge in [-0.3, -0.25) is 0 Å². The molecule has 0 fully saturated rings. The third-order valence-electron chi connectivity index (χ3n) is 1.07. The van der Waals surface area contributed by atoms with Crippen LogP contribution in [-0.4, -0.2) is 25.3 Å². The van der Waals surface area contributed by atoms with Gasteiger partial charge in [0.1, 0.15) is 0 Å². The number of hydrogen-bond acceptors (Lipinski definition) is 2. The molecule has 0 spiro atoms. The highest BCUT2D eigenvalue weighted by atomic mass is 16.5. The van der Waals surface area contributed by atoms with E-state index in [2.05, 4.69) is 5.32 Å². The lowest BCUT2D eigenvalue weighted by Crippen LogP contribution is -2.30. The molecule has 0 unspecified atom stereocenters. The van der Waals surface area contributed by atoms with Gasteiger partial charge in [0.05, 0.1) is 6.10 Å². The summed E-state index contributed by atoms with van der Waals surface area (Å²) in [7, 11) is 0. The minimum atomic E-state index is -0.477. The number of urea groups is 1. The van der Waals surface area contributed by atoms with Crippen molar-refractivity contribution in [3.8, 4) is 0 Å². The van der Waals surface area contributed by atoms with Crippen LogP contribution in [0.25, 0.3) is 0 Å². The van der Waals surface area contributed by atoms with Crippen molar-refractivity contribution in [1.82, 2.24) is 5.32 Å². The van der Waals surface area contributed by atoms with Crippen molar-refractivity contribution < 1.29 is 9.53 Å². The quantitative estimate of drug-likeness (QED) is 0.574. The Hall–Kier alpha value is -0.770. The van der Waals surface area contributed by atoms with Gasteiger partial charge in [0.15, 0.2) is 0 Å². The Morgan fingerprint density at radius 2 is 2.27 bits per heavy atom. The number of ether oxygens (including phenoxy) is 1. The number of rotatable bonds is 5. The molecule has 0 aromatic carbocycles. The van der Waals surface area contributed by atoms with Crippen molar-refractivity contribution in [2.45, 2.75) is 26.4 Å². The van der Waals surface area contributed by atoms with Gasteiger partial charge in [-0.05, 0) is 20.3 Å². The molecule has 11 heavy (non-hydrogen) atoms. The van der Waals surface area contributed by atoms with Gasteiger partial charge in [-0.25, -0.2) is 4.79 Å². The van der Waals surface area contributed by atoms with Crippen LogP contribution in [0.4, 0.5) is 4.79 Å². The summed E-state index contributed by atoms with van der Waals surface area (Å²) in [5.74, 6) is 0. The molecule has 0 aromatic heterocycles. The van der Waals surface area contributed by atoms with E-state index in [1.54, 1.807) is 0 Å². The average Bonchev–Trinajstić information content (AvgIpc) is 1.85. The molecule has 0 aliphatic rings. The maximum Gasteiger partial charge on any atom is 0.312 e. The number of carbonyl (C=O) groups excluding carboxylic acids is 1. The first-order chi connectivity index (χ1) is 5.13. The van der Waals surface area contributed by atoms with Gasteiger partial charge in [0, 0.05) is 13.2 Å². The first kappa shape index (κ1) is 10.2. The predicted octanol–water partition coefficient (Wildman–Crippen LogP) is 0.470. The number of hydrogen-bond donors (Lipinski definition) is 2. The molecule has 0 aliphatic heterocycles. The van der Waals surface area contributed by atoms with Gasteiger partial charge >= 0.3 is 6.03 Å². The SMILES string of the molecule is CC(C)OCCCNC(N)=O.